The molecule has 1 rings (SSSR count). The summed E-state index contributed by atoms with van der Waals surface area (Å²) in [5, 5.41) is 6.69. The molecule has 0 radical (unpaired) electrons. The Morgan fingerprint density at radius 3 is 2.60 bits per heavy atom. The average molecular weight is 205 g/mol. The Balaban J connectivity index is 2.60. The van der Waals surface area contributed by atoms with E-state index in [1.54, 1.807) is 6.21 Å². The highest BCUT2D eigenvalue weighted by atomic mass is 16.1. The van der Waals surface area contributed by atoms with Crippen molar-refractivity contribution in [2.45, 2.75) is 13.8 Å². The number of nitrogens with one attached hydrogen (secondary N) is 2. The average Bonchev–Trinajstić information content (AvgIpc) is 2.20. The first-order chi connectivity index (χ1) is 7.22. The maximum Gasteiger partial charge on any atom is 0.221 e. The summed E-state index contributed by atoms with van der Waals surface area (Å²) in [6.45, 7) is 4.28. The Labute approximate surface area is 89.4 Å². The monoisotopic (exact) mass is 205 g/mol. The molecule has 1 amide bonds. The van der Waals surface area contributed by atoms with Crippen LogP contribution in [0.3, 0.4) is 0 Å². The third-order valence-corrected chi connectivity index (χ3v) is 1.69. The lowest BCUT2D eigenvalue weighted by Crippen LogP contribution is -2.05. The lowest BCUT2D eigenvalue weighted by molar-refractivity contribution is -0.114. The third-order valence-electron chi connectivity index (χ3n) is 1.69. The predicted molar refractivity (Wildman–Crippen MR) is 62.0 cm³/mol. The molecule has 0 fully saturated rings. The maximum atomic E-state index is 10.8. The molecule has 4 heteroatoms. The molecule has 1 aromatic carbocycles. The topological polar surface area (TPSA) is 53.5 Å². The van der Waals surface area contributed by atoms with E-state index in [2.05, 4.69) is 15.8 Å². The standard InChI is InChI=1S/C11H15N3O/c1-3-12-13-8-10-4-6-11(7-5-10)14-9(2)15/h4-8,12H,3H2,1-2H3,(H,14,15)/b13-8+. The SMILES string of the molecule is CCN/N=C/c1ccc(NC(C)=O)cc1. The highest BCUT2D eigenvalue weighted by molar-refractivity contribution is 5.89. The number of anilines is 1. The molecule has 0 atom stereocenters. The number of amides is 1. The second-order valence-corrected chi connectivity index (χ2v) is 3.07. The molecule has 0 saturated heterocycles. The van der Waals surface area contributed by atoms with Crippen molar-refractivity contribution in [3.63, 3.8) is 0 Å². The second-order valence-electron chi connectivity index (χ2n) is 3.07. The van der Waals surface area contributed by atoms with Crippen molar-refractivity contribution < 1.29 is 4.79 Å². The fourth-order valence-corrected chi connectivity index (χ4v) is 1.07. The van der Waals surface area contributed by atoms with E-state index in [-0.39, 0.29) is 5.91 Å². The summed E-state index contributed by atoms with van der Waals surface area (Å²) in [5.74, 6) is -0.0657. The molecule has 0 bridgehead atoms. The molecule has 0 aliphatic carbocycles. The molecule has 0 heterocycles. The van der Waals surface area contributed by atoms with Crippen LogP contribution in [0.5, 0.6) is 0 Å². The van der Waals surface area contributed by atoms with E-state index in [1.165, 1.54) is 6.92 Å². The highest BCUT2D eigenvalue weighted by Crippen LogP contribution is 2.07. The molecule has 2 N–H and O–H groups in total. The number of hydrogen-bond acceptors (Lipinski definition) is 3. The van der Waals surface area contributed by atoms with Crippen molar-refractivity contribution in [2.24, 2.45) is 5.10 Å². The van der Waals surface area contributed by atoms with Gasteiger partial charge in [0, 0.05) is 19.2 Å². The molecule has 0 unspecified atom stereocenters. The largest absolute Gasteiger partial charge is 0.326 e. The van der Waals surface area contributed by atoms with Crippen molar-refractivity contribution in [3.8, 4) is 0 Å². The van der Waals surface area contributed by atoms with Crippen molar-refractivity contribution in [2.75, 3.05) is 11.9 Å². The van der Waals surface area contributed by atoms with Gasteiger partial charge < -0.3 is 10.7 Å². The van der Waals surface area contributed by atoms with Crippen molar-refractivity contribution in [1.29, 1.82) is 0 Å². The van der Waals surface area contributed by atoms with E-state index in [4.69, 9.17) is 0 Å². The molecule has 0 aromatic heterocycles. The van der Waals surface area contributed by atoms with Gasteiger partial charge in [-0.05, 0) is 24.6 Å². The van der Waals surface area contributed by atoms with E-state index in [1.807, 2.05) is 31.2 Å². The Morgan fingerprint density at radius 1 is 1.40 bits per heavy atom. The zero-order chi connectivity index (χ0) is 11.1. The van der Waals surface area contributed by atoms with Crippen LogP contribution in [0.2, 0.25) is 0 Å². The van der Waals surface area contributed by atoms with E-state index in [0.717, 1.165) is 17.8 Å². The molecule has 0 aliphatic rings. The third kappa shape index (κ3) is 4.26. The molecule has 4 nitrogen and oxygen atoms in total. The van der Waals surface area contributed by atoms with Gasteiger partial charge in [-0.15, -0.1) is 0 Å². The highest BCUT2D eigenvalue weighted by Gasteiger charge is 1.94. The number of benzene rings is 1. The van der Waals surface area contributed by atoms with Crippen LogP contribution in [-0.2, 0) is 4.79 Å². The van der Waals surface area contributed by atoms with Gasteiger partial charge in [-0.2, -0.15) is 5.10 Å². The number of hydrazone groups is 1. The van der Waals surface area contributed by atoms with Crippen LogP contribution in [0.4, 0.5) is 5.69 Å². The number of hydrogen-bond donors (Lipinski definition) is 2. The molecule has 0 spiro atoms. The van der Waals surface area contributed by atoms with Crippen LogP contribution < -0.4 is 10.7 Å². The Bertz CT molecular complexity index is 343. The van der Waals surface area contributed by atoms with Gasteiger partial charge in [0.25, 0.3) is 0 Å². The van der Waals surface area contributed by atoms with Crippen molar-refractivity contribution >= 4 is 17.8 Å². The van der Waals surface area contributed by atoms with Crippen LogP contribution in [0.1, 0.15) is 19.4 Å². The fraction of sp³-hybridized carbons (Fsp3) is 0.273. The smallest absolute Gasteiger partial charge is 0.221 e. The first-order valence-electron chi connectivity index (χ1n) is 4.86. The van der Waals surface area contributed by atoms with Crippen molar-refractivity contribution in [1.82, 2.24) is 5.43 Å². The number of rotatable bonds is 4. The Hall–Kier alpha value is -1.84. The minimum Gasteiger partial charge on any atom is -0.326 e. The summed E-state index contributed by atoms with van der Waals surface area (Å²) in [5.41, 5.74) is 4.63. The van der Waals surface area contributed by atoms with Gasteiger partial charge in [-0.3, -0.25) is 4.79 Å². The zero-order valence-electron chi connectivity index (χ0n) is 8.95. The summed E-state index contributed by atoms with van der Waals surface area (Å²) in [6.07, 6.45) is 1.74. The molecule has 80 valence electrons. The minimum absolute atomic E-state index is 0.0657. The summed E-state index contributed by atoms with van der Waals surface area (Å²) in [4.78, 5) is 10.8. The van der Waals surface area contributed by atoms with Gasteiger partial charge in [0.15, 0.2) is 0 Å². The molecular formula is C11H15N3O. The van der Waals surface area contributed by atoms with Gasteiger partial charge in [0.2, 0.25) is 5.91 Å². The maximum absolute atomic E-state index is 10.8. The quantitative estimate of drug-likeness (QED) is 0.579. The van der Waals surface area contributed by atoms with Gasteiger partial charge in [-0.1, -0.05) is 12.1 Å². The Kier molecular flexibility index (Phi) is 4.34. The lowest BCUT2D eigenvalue weighted by Gasteiger charge is -2.01. The molecule has 15 heavy (non-hydrogen) atoms. The first kappa shape index (κ1) is 11.2. The summed E-state index contributed by atoms with van der Waals surface area (Å²) >= 11 is 0. The van der Waals surface area contributed by atoms with Gasteiger partial charge >= 0.3 is 0 Å². The summed E-state index contributed by atoms with van der Waals surface area (Å²) in [7, 11) is 0. The number of nitrogens with zero attached hydrogens (tertiary/aromatic N) is 1. The van der Waals surface area contributed by atoms with Crippen LogP contribution in [0.15, 0.2) is 29.4 Å². The molecule has 0 saturated carbocycles. The second kappa shape index (κ2) is 5.80. The number of carbonyl (C=O) groups is 1. The van der Waals surface area contributed by atoms with Crippen LogP contribution >= 0.6 is 0 Å². The Morgan fingerprint density at radius 2 is 2.07 bits per heavy atom. The van der Waals surface area contributed by atoms with E-state index < -0.39 is 0 Å². The van der Waals surface area contributed by atoms with Gasteiger partial charge in [0.05, 0.1) is 6.21 Å². The predicted octanol–water partition coefficient (Wildman–Crippen LogP) is 1.59. The van der Waals surface area contributed by atoms with Crippen molar-refractivity contribution in [3.05, 3.63) is 29.8 Å². The normalized spacial score (nSPS) is 10.3. The lowest BCUT2D eigenvalue weighted by atomic mass is 10.2. The number of carbonyl (C=O) groups excluding carboxylic acids is 1. The molecule has 1 aromatic rings. The van der Waals surface area contributed by atoms with Gasteiger partial charge in [0.1, 0.15) is 0 Å². The van der Waals surface area contributed by atoms with Gasteiger partial charge in [-0.25, -0.2) is 0 Å². The van der Waals surface area contributed by atoms with Crippen LogP contribution in [0, 0.1) is 0 Å². The van der Waals surface area contributed by atoms with E-state index in [9.17, 15) is 4.79 Å². The first-order valence-corrected chi connectivity index (χ1v) is 4.86. The van der Waals surface area contributed by atoms with E-state index in [0.29, 0.717) is 0 Å². The summed E-state index contributed by atoms with van der Waals surface area (Å²) < 4.78 is 0. The summed E-state index contributed by atoms with van der Waals surface area (Å²) in [6, 6.07) is 7.47. The zero-order valence-corrected chi connectivity index (χ0v) is 8.95. The van der Waals surface area contributed by atoms with E-state index >= 15 is 0 Å². The fourth-order valence-electron chi connectivity index (χ4n) is 1.07. The van der Waals surface area contributed by atoms with Crippen LogP contribution in [-0.4, -0.2) is 18.7 Å². The van der Waals surface area contributed by atoms with Crippen LogP contribution in [0.25, 0.3) is 0 Å². The molecule has 0 aliphatic heterocycles. The minimum atomic E-state index is -0.0657. The molecular weight excluding hydrogens is 190 g/mol.